The van der Waals surface area contributed by atoms with Gasteiger partial charge in [0, 0.05) is 12.7 Å². The summed E-state index contributed by atoms with van der Waals surface area (Å²) in [5, 5.41) is 0. The zero-order chi connectivity index (χ0) is 13.0. The second kappa shape index (κ2) is 5.46. The number of aryl methyl sites for hydroxylation is 1. The molecule has 5 heteroatoms. The summed E-state index contributed by atoms with van der Waals surface area (Å²) >= 11 is 0. The number of hydrogen-bond acceptors (Lipinski definition) is 5. The fourth-order valence-electron chi connectivity index (χ4n) is 1.71. The molecule has 1 aromatic carbocycles. The fourth-order valence-corrected chi connectivity index (χ4v) is 1.71. The molecule has 2 aromatic rings. The molecule has 0 bridgehead atoms. The van der Waals surface area contributed by atoms with E-state index >= 15 is 0 Å². The number of nitrogen functional groups attached to an aromatic ring is 1. The number of nitrogens with two attached hydrogens (primary N) is 1. The van der Waals surface area contributed by atoms with Crippen LogP contribution in [-0.4, -0.2) is 17.0 Å². The number of rotatable bonds is 4. The third kappa shape index (κ3) is 2.95. The maximum atomic E-state index is 5.25. The van der Waals surface area contributed by atoms with Gasteiger partial charge in [0.05, 0.1) is 24.6 Å². The van der Waals surface area contributed by atoms with Crippen LogP contribution in [0.4, 0.5) is 11.5 Å². The Kier molecular flexibility index (Phi) is 3.74. The zero-order valence-electron chi connectivity index (χ0n) is 10.6. The molecule has 0 aliphatic carbocycles. The van der Waals surface area contributed by atoms with Crippen LogP contribution in [0.3, 0.4) is 0 Å². The molecule has 0 saturated carbocycles. The van der Waals surface area contributed by atoms with Crippen LogP contribution in [0.5, 0.6) is 0 Å². The molecule has 1 aromatic heterocycles. The van der Waals surface area contributed by atoms with Crippen LogP contribution in [0, 0.1) is 6.92 Å². The second-order valence-corrected chi connectivity index (χ2v) is 4.23. The lowest BCUT2D eigenvalue weighted by Crippen LogP contribution is -2.18. The van der Waals surface area contributed by atoms with E-state index in [4.69, 9.17) is 5.84 Å². The predicted molar refractivity (Wildman–Crippen MR) is 73.1 cm³/mol. The summed E-state index contributed by atoms with van der Waals surface area (Å²) in [6.07, 6.45) is 3.35. The van der Waals surface area contributed by atoms with Crippen LogP contribution < -0.4 is 16.2 Å². The highest BCUT2D eigenvalue weighted by atomic mass is 15.3. The summed E-state index contributed by atoms with van der Waals surface area (Å²) in [5.41, 5.74) is 5.77. The molecule has 0 aliphatic heterocycles. The first-order valence-electron chi connectivity index (χ1n) is 5.74. The molecular weight excluding hydrogens is 226 g/mol. The molecule has 0 atom stereocenters. The van der Waals surface area contributed by atoms with Crippen molar-refractivity contribution in [3.05, 3.63) is 47.9 Å². The molecule has 2 rings (SSSR count). The third-order valence-corrected chi connectivity index (χ3v) is 2.69. The van der Waals surface area contributed by atoms with Gasteiger partial charge >= 0.3 is 0 Å². The first-order chi connectivity index (χ1) is 8.69. The number of nitrogens with one attached hydrogen (secondary N) is 1. The van der Waals surface area contributed by atoms with E-state index in [2.05, 4.69) is 45.4 Å². The van der Waals surface area contributed by atoms with Crippen molar-refractivity contribution in [2.45, 2.75) is 13.5 Å². The molecule has 3 N–H and O–H groups in total. The zero-order valence-corrected chi connectivity index (χ0v) is 10.6. The van der Waals surface area contributed by atoms with Gasteiger partial charge in [-0.15, -0.1) is 0 Å². The minimum atomic E-state index is 0.567. The minimum Gasteiger partial charge on any atom is -0.369 e. The third-order valence-electron chi connectivity index (χ3n) is 2.69. The maximum Gasteiger partial charge on any atom is 0.158 e. The number of aromatic nitrogens is 2. The standard InChI is InChI=1S/C13H17N5/c1-10-4-3-5-12(6-10)18(2)9-11-7-16-13(17-14)8-15-11/h3-8H,9,14H2,1-2H3,(H,16,17). The highest BCUT2D eigenvalue weighted by Crippen LogP contribution is 2.16. The van der Waals surface area contributed by atoms with E-state index in [9.17, 15) is 0 Å². The smallest absolute Gasteiger partial charge is 0.158 e. The van der Waals surface area contributed by atoms with Gasteiger partial charge in [-0.2, -0.15) is 0 Å². The normalized spacial score (nSPS) is 10.2. The lowest BCUT2D eigenvalue weighted by Gasteiger charge is -2.19. The molecule has 0 unspecified atom stereocenters. The molecular formula is C13H17N5. The van der Waals surface area contributed by atoms with Crippen molar-refractivity contribution in [3.63, 3.8) is 0 Å². The van der Waals surface area contributed by atoms with Gasteiger partial charge in [-0.05, 0) is 24.6 Å². The van der Waals surface area contributed by atoms with Gasteiger partial charge in [-0.3, -0.25) is 4.98 Å². The van der Waals surface area contributed by atoms with Crippen molar-refractivity contribution in [1.82, 2.24) is 9.97 Å². The van der Waals surface area contributed by atoms with Gasteiger partial charge in [0.2, 0.25) is 0 Å². The molecule has 0 fully saturated rings. The topological polar surface area (TPSA) is 67.1 Å². The van der Waals surface area contributed by atoms with Crippen LogP contribution in [-0.2, 0) is 6.54 Å². The van der Waals surface area contributed by atoms with Crippen LogP contribution in [0.2, 0.25) is 0 Å². The van der Waals surface area contributed by atoms with Crippen molar-refractivity contribution >= 4 is 11.5 Å². The largest absolute Gasteiger partial charge is 0.369 e. The Morgan fingerprint density at radius 3 is 2.72 bits per heavy atom. The monoisotopic (exact) mass is 243 g/mol. The van der Waals surface area contributed by atoms with Gasteiger partial charge < -0.3 is 10.3 Å². The average Bonchev–Trinajstić information content (AvgIpc) is 2.39. The van der Waals surface area contributed by atoms with Crippen molar-refractivity contribution in [2.75, 3.05) is 17.4 Å². The summed E-state index contributed by atoms with van der Waals surface area (Å²) in [4.78, 5) is 10.6. The summed E-state index contributed by atoms with van der Waals surface area (Å²) in [6, 6.07) is 8.35. The molecule has 0 amide bonds. The first-order valence-corrected chi connectivity index (χ1v) is 5.74. The summed E-state index contributed by atoms with van der Waals surface area (Å²) in [6.45, 7) is 2.79. The van der Waals surface area contributed by atoms with Crippen LogP contribution in [0.25, 0.3) is 0 Å². The molecule has 18 heavy (non-hydrogen) atoms. The summed E-state index contributed by atoms with van der Waals surface area (Å²) in [7, 11) is 2.03. The minimum absolute atomic E-state index is 0.567. The Morgan fingerprint density at radius 2 is 2.11 bits per heavy atom. The number of nitrogens with zero attached hydrogens (tertiary/aromatic N) is 3. The predicted octanol–water partition coefficient (Wildman–Crippen LogP) is 1.71. The van der Waals surface area contributed by atoms with E-state index in [1.165, 1.54) is 5.56 Å². The van der Waals surface area contributed by atoms with Gasteiger partial charge in [-0.1, -0.05) is 12.1 Å². The van der Waals surface area contributed by atoms with E-state index in [1.807, 2.05) is 13.1 Å². The Balaban J connectivity index is 2.08. The number of anilines is 2. The van der Waals surface area contributed by atoms with Crippen molar-refractivity contribution in [2.24, 2.45) is 5.84 Å². The Morgan fingerprint density at radius 1 is 1.28 bits per heavy atom. The summed E-state index contributed by atoms with van der Waals surface area (Å²) < 4.78 is 0. The van der Waals surface area contributed by atoms with Gasteiger partial charge in [-0.25, -0.2) is 10.8 Å². The van der Waals surface area contributed by atoms with E-state index in [-0.39, 0.29) is 0 Å². The molecule has 94 valence electrons. The van der Waals surface area contributed by atoms with E-state index in [0.29, 0.717) is 12.4 Å². The molecule has 0 saturated heterocycles. The van der Waals surface area contributed by atoms with Crippen molar-refractivity contribution in [3.8, 4) is 0 Å². The van der Waals surface area contributed by atoms with Crippen molar-refractivity contribution < 1.29 is 0 Å². The van der Waals surface area contributed by atoms with Crippen LogP contribution in [0.1, 0.15) is 11.3 Å². The number of hydrazine groups is 1. The SMILES string of the molecule is Cc1cccc(N(C)Cc2cnc(NN)cn2)c1. The van der Waals surface area contributed by atoms with E-state index < -0.39 is 0 Å². The highest BCUT2D eigenvalue weighted by molar-refractivity contribution is 5.47. The van der Waals surface area contributed by atoms with Crippen LogP contribution >= 0.6 is 0 Å². The Bertz CT molecular complexity index is 509. The quantitative estimate of drug-likeness (QED) is 0.632. The molecule has 5 nitrogen and oxygen atoms in total. The van der Waals surface area contributed by atoms with Gasteiger partial charge in [0.1, 0.15) is 0 Å². The number of benzene rings is 1. The molecule has 1 heterocycles. The molecule has 0 aliphatic rings. The Hall–Kier alpha value is -2.14. The van der Waals surface area contributed by atoms with Crippen molar-refractivity contribution in [1.29, 1.82) is 0 Å². The lowest BCUT2D eigenvalue weighted by molar-refractivity contribution is 0.872. The lowest BCUT2D eigenvalue weighted by atomic mass is 10.2. The molecule has 0 radical (unpaired) electrons. The first kappa shape index (κ1) is 12.3. The van der Waals surface area contributed by atoms with E-state index in [0.717, 1.165) is 11.4 Å². The highest BCUT2D eigenvalue weighted by Gasteiger charge is 2.03. The summed E-state index contributed by atoms with van der Waals surface area (Å²) in [5.74, 6) is 5.81. The second-order valence-electron chi connectivity index (χ2n) is 4.23. The number of hydrogen-bond donors (Lipinski definition) is 2. The van der Waals surface area contributed by atoms with Crippen LogP contribution in [0.15, 0.2) is 36.7 Å². The average molecular weight is 243 g/mol. The van der Waals surface area contributed by atoms with Gasteiger partial charge in [0.15, 0.2) is 5.82 Å². The fraction of sp³-hybridized carbons (Fsp3) is 0.231. The van der Waals surface area contributed by atoms with Gasteiger partial charge in [0.25, 0.3) is 0 Å². The molecule has 0 spiro atoms. The maximum absolute atomic E-state index is 5.25. The Labute approximate surface area is 107 Å². The van der Waals surface area contributed by atoms with E-state index in [1.54, 1.807) is 12.4 Å².